The lowest BCUT2D eigenvalue weighted by Gasteiger charge is -2.29. The Morgan fingerprint density at radius 2 is 1.57 bits per heavy atom. The van der Waals surface area contributed by atoms with Gasteiger partial charge in [-0.25, -0.2) is 9.59 Å². The fourth-order valence-corrected chi connectivity index (χ4v) is 3.70. The lowest BCUT2D eigenvalue weighted by Crippen LogP contribution is -2.48. The number of rotatable bonds is 8. The first-order chi connectivity index (χ1) is 17.0. The maximum Gasteiger partial charge on any atom is 0.338 e. The number of esters is 1. The number of benzene rings is 3. The normalized spacial score (nSPS) is 15.0. The van der Waals surface area contributed by atoms with Crippen molar-refractivity contribution in [1.82, 2.24) is 16.0 Å². The third-order valence-electron chi connectivity index (χ3n) is 5.50. The summed E-state index contributed by atoms with van der Waals surface area (Å²) in [6.07, 6.45) is 0. The Kier molecular flexibility index (Phi) is 7.42. The van der Waals surface area contributed by atoms with Gasteiger partial charge in [0.2, 0.25) is 0 Å². The van der Waals surface area contributed by atoms with Gasteiger partial charge in [0.25, 0.3) is 5.91 Å². The van der Waals surface area contributed by atoms with Gasteiger partial charge in [-0.05, 0) is 35.4 Å². The lowest BCUT2D eigenvalue weighted by molar-refractivity contribution is -0.140. The minimum absolute atomic E-state index is 0.0332. The third kappa shape index (κ3) is 5.86. The second-order valence-corrected chi connectivity index (χ2v) is 7.81. The van der Waals surface area contributed by atoms with Gasteiger partial charge >= 0.3 is 12.0 Å². The lowest BCUT2D eigenvalue weighted by atomic mass is 9.95. The highest BCUT2D eigenvalue weighted by Crippen LogP contribution is 2.28. The highest BCUT2D eigenvalue weighted by Gasteiger charge is 2.34. The minimum atomic E-state index is -0.739. The fourth-order valence-electron chi connectivity index (χ4n) is 3.70. The van der Waals surface area contributed by atoms with E-state index in [1.165, 1.54) is 0 Å². The first kappa shape index (κ1) is 23.6. The Balaban J connectivity index is 1.59. The number of urea groups is 1. The Morgan fingerprint density at radius 1 is 0.914 bits per heavy atom. The highest BCUT2D eigenvalue weighted by molar-refractivity contribution is 5.97. The van der Waals surface area contributed by atoms with Gasteiger partial charge in [0.15, 0.2) is 0 Å². The number of nitrogens with one attached hydrogen (secondary N) is 3. The Morgan fingerprint density at radius 3 is 2.23 bits per heavy atom. The molecule has 3 aromatic carbocycles. The summed E-state index contributed by atoms with van der Waals surface area (Å²) >= 11 is 0. The topological polar surface area (TPSA) is 106 Å². The first-order valence-electron chi connectivity index (χ1n) is 11.0. The number of carbonyl (C=O) groups is 3. The highest BCUT2D eigenvalue weighted by atomic mass is 16.5. The number of hydrogen-bond donors (Lipinski definition) is 3. The molecule has 178 valence electrons. The van der Waals surface area contributed by atoms with E-state index in [1.807, 2.05) is 36.4 Å². The molecular weight excluding hydrogens is 446 g/mol. The second kappa shape index (κ2) is 11.0. The standard InChI is InChI=1S/C27H25N3O5/c1-34-21-14-12-18(13-15-21)17-35-26(32)23-22(16-28-25(31)20-10-6-3-7-11-20)29-27(33)30-24(23)19-8-4-2-5-9-19/h2-15,24H,16-17H2,1H3,(H,28,31)(H2,29,30,33). The predicted molar refractivity (Wildman–Crippen MR) is 129 cm³/mol. The molecule has 1 aliphatic rings. The number of amides is 3. The molecule has 0 spiro atoms. The third-order valence-corrected chi connectivity index (χ3v) is 5.50. The van der Waals surface area contributed by atoms with Crippen LogP contribution in [0.5, 0.6) is 5.75 Å². The molecule has 1 heterocycles. The van der Waals surface area contributed by atoms with E-state index in [9.17, 15) is 14.4 Å². The summed E-state index contributed by atoms with van der Waals surface area (Å²) in [6, 6.07) is 23.8. The van der Waals surface area contributed by atoms with E-state index < -0.39 is 18.0 Å². The van der Waals surface area contributed by atoms with Crippen molar-refractivity contribution < 1.29 is 23.9 Å². The molecule has 0 aromatic heterocycles. The SMILES string of the molecule is COc1ccc(COC(=O)C2=C(CNC(=O)c3ccccc3)NC(=O)NC2c2ccccc2)cc1. The van der Waals surface area contributed by atoms with Crippen molar-refractivity contribution in [2.45, 2.75) is 12.6 Å². The Hall–Kier alpha value is -4.59. The number of ether oxygens (including phenoxy) is 2. The maximum absolute atomic E-state index is 13.3. The average Bonchev–Trinajstić information content (AvgIpc) is 2.91. The maximum atomic E-state index is 13.3. The van der Waals surface area contributed by atoms with E-state index in [2.05, 4.69) is 16.0 Å². The van der Waals surface area contributed by atoms with Gasteiger partial charge in [-0.1, -0.05) is 60.7 Å². The van der Waals surface area contributed by atoms with E-state index in [0.29, 0.717) is 16.9 Å². The average molecular weight is 472 g/mol. The van der Waals surface area contributed by atoms with E-state index >= 15 is 0 Å². The Labute approximate surface area is 202 Å². The second-order valence-electron chi connectivity index (χ2n) is 7.81. The zero-order chi connectivity index (χ0) is 24.6. The molecule has 3 amide bonds. The van der Waals surface area contributed by atoms with E-state index in [0.717, 1.165) is 5.56 Å². The molecule has 35 heavy (non-hydrogen) atoms. The minimum Gasteiger partial charge on any atom is -0.497 e. The van der Waals surface area contributed by atoms with Gasteiger partial charge < -0.3 is 25.4 Å². The summed E-state index contributed by atoms with van der Waals surface area (Å²) < 4.78 is 10.8. The van der Waals surface area contributed by atoms with Gasteiger partial charge in [0, 0.05) is 5.56 Å². The van der Waals surface area contributed by atoms with Gasteiger partial charge in [-0.3, -0.25) is 4.79 Å². The van der Waals surface area contributed by atoms with Crippen LogP contribution in [0.15, 0.2) is 96.2 Å². The summed E-state index contributed by atoms with van der Waals surface area (Å²) in [5.41, 5.74) is 2.45. The molecule has 3 aromatic rings. The summed E-state index contributed by atoms with van der Waals surface area (Å²) in [4.78, 5) is 38.3. The van der Waals surface area contributed by atoms with Crippen LogP contribution in [0.2, 0.25) is 0 Å². The van der Waals surface area contributed by atoms with Gasteiger partial charge in [0.1, 0.15) is 12.4 Å². The molecule has 0 radical (unpaired) electrons. The van der Waals surface area contributed by atoms with Crippen LogP contribution in [0.25, 0.3) is 0 Å². The zero-order valence-electron chi connectivity index (χ0n) is 19.1. The van der Waals surface area contributed by atoms with E-state index in [4.69, 9.17) is 9.47 Å². The summed E-state index contributed by atoms with van der Waals surface area (Å²) in [5, 5.41) is 8.22. The smallest absolute Gasteiger partial charge is 0.338 e. The van der Waals surface area contributed by atoms with E-state index in [-0.39, 0.29) is 30.3 Å². The predicted octanol–water partition coefficient (Wildman–Crippen LogP) is 3.48. The molecule has 0 aliphatic carbocycles. The monoisotopic (exact) mass is 471 g/mol. The summed E-state index contributed by atoms with van der Waals surface area (Å²) in [6.45, 7) is -0.0249. The van der Waals surface area contributed by atoms with Crippen LogP contribution in [0.4, 0.5) is 4.79 Å². The van der Waals surface area contributed by atoms with Crippen LogP contribution in [0.1, 0.15) is 27.5 Å². The van der Waals surface area contributed by atoms with Crippen molar-refractivity contribution >= 4 is 17.9 Å². The molecule has 3 N–H and O–H groups in total. The molecular formula is C27H25N3O5. The molecule has 1 unspecified atom stereocenters. The largest absolute Gasteiger partial charge is 0.497 e. The molecule has 8 heteroatoms. The van der Waals surface area contributed by atoms with Crippen molar-refractivity contribution in [3.8, 4) is 5.75 Å². The summed E-state index contributed by atoms with van der Waals surface area (Å²) in [7, 11) is 1.58. The van der Waals surface area contributed by atoms with E-state index in [1.54, 1.807) is 55.6 Å². The van der Waals surface area contributed by atoms with Crippen molar-refractivity contribution in [1.29, 1.82) is 0 Å². The van der Waals surface area contributed by atoms with Crippen LogP contribution < -0.4 is 20.7 Å². The molecule has 1 atom stereocenters. The van der Waals surface area contributed by atoms with Crippen LogP contribution in [0.3, 0.4) is 0 Å². The van der Waals surface area contributed by atoms with Crippen molar-refractivity contribution in [3.63, 3.8) is 0 Å². The molecule has 0 saturated carbocycles. The Bertz CT molecular complexity index is 1220. The fraction of sp³-hybridized carbons (Fsp3) is 0.148. The van der Waals surface area contributed by atoms with Gasteiger partial charge in [0.05, 0.1) is 31.0 Å². The number of carbonyl (C=O) groups excluding carboxylic acids is 3. The van der Waals surface area contributed by atoms with Crippen LogP contribution in [-0.4, -0.2) is 31.6 Å². The zero-order valence-corrected chi connectivity index (χ0v) is 19.1. The first-order valence-corrected chi connectivity index (χ1v) is 11.0. The molecule has 0 bridgehead atoms. The molecule has 4 rings (SSSR count). The molecule has 0 fully saturated rings. The quantitative estimate of drug-likeness (QED) is 0.436. The number of hydrogen-bond acceptors (Lipinski definition) is 5. The van der Waals surface area contributed by atoms with Crippen LogP contribution >= 0.6 is 0 Å². The molecule has 0 saturated heterocycles. The van der Waals surface area contributed by atoms with Crippen molar-refractivity contribution in [2.75, 3.05) is 13.7 Å². The van der Waals surface area contributed by atoms with Gasteiger partial charge in [-0.2, -0.15) is 0 Å². The van der Waals surface area contributed by atoms with Crippen molar-refractivity contribution in [2.24, 2.45) is 0 Å². The summed E-state index contributed by atoms with van der Waals surface area (Å²) in [5.74, 6) is -0.234. The van der Waals surface area contributed by atoms with Crippen LogP contribution in [0, 0.1) is 0 Å². The molecule has 1 aliphatic heterocycles. The number of methoxy groups -OCH3 is 1. The molecule has 8 nitrogen and oxygen atoms in total. The van der Waals surface area contributed by atoms with Crippen molar-refractivity contribution in [3.05, 3.63) is 113 Å². The van der Waals surface area contributed by atoms with Crippen LogP contribution in [-0.2, 0) is 16.1 Å². The van der Waals surface area contributed by atoms with Gasteiger partial charge in [-0.15, -0.1) is 0 Å².